The Morgan fingerprint density at radius 1 is 1.35 bits per heavy atom. The molecule has 0 saturated heterocycles. The Morgan fingerprint density at radius 3 is 2.71 bits per heavy atom. The van der Waals surface area contributed by atoms with Crippen LogP contribution in [-0.2, 0) is 5.41 Å². The Labute approximate surface area is 99.1 Å². The standard InChI is InChI=1S/C14H13NO2/c1-14(6-7-14)12-8-10(13(16)17)9-4-2-3-5-11(9)15-12/h2-5,8H,6-7H2,1H3,(H,16,17). The number of carbonyl (C=O) groups is 1. The zero-order valence-corrected chi connectivity index (χ0v) is 9.60. The maximum Gasteiger partial charge on any atom is 0.336 e. The number of carboxylic acid groups (broad SMARTS) is 1. The Kier molecular flexibility index (Phi) is 1.99. The van der Waals surface area contributed by atoms with E-state index in [1.807, 2.05) is 24.3 Å². The maximum absolute atomic E-state index is 11.3. The van der Waals surface area contributed by atoms with E-state index in [2.05, 4.69) is 11.9 Å². The van der Waals surface area contributed by atoms with Gasteiger partial charge in [-0.3, -0.25) is 4.98 Å². The van der Waals surface area contributed by atoms with Crippen molar-refractivity contribution in [3.63, 3.8) is 0 Å². The highest BCUT2D eigenvalue weighted by Gasteiger charge is 2.41. The molecule has 1 aromatic heterocycles. The first-order valence-electron chi connectivity index (χ1n) is 5.74. The molecule has 1 fully saturated rings. The quantitative estimate of drug-likeness (QED) is 0.858. The molecule has 3 nitrogen and oxygen atoms in total. The average Bonchev–Trinajstić information content (AvgIpc) is 3.07. The third-order valence-electron chi connectivity index (χ3n) is 3.56. The van der Waals surface area contributed by atoms with Gasteiger partial charge in [-0.2, -0.15) is 0 Å². The second-order valence-corrected chi connectivity index (χ2v) is 4.94. The number of nitrogens with zero attached hydrogens (tertiary/aromatic N) is 1. The van der Waals surface area contributed by atoms with Crippen molar-refractivity contribution in [2.24, 2.45) is 0 Å². The highest BCUT2D eigenvalue weighted by atomic mass is 16.4. The summed E-state index contributed by atoms with van der Waals surface area (Å²) in [4.78, 5) is 15.9. The van der Waals surface area contributed by atoms with E-state index >= 15 is 0 Å². The number of aromatic nitrogens is 1. The third kappa shape index (κ3) is 1.58. The van der Waals surface area contributed by atoms with Crippen LogP contribution < -0.4 is 0 Å². The van der Waals surface area contributed by atoms with E-state index in [9.17, 15) is 9.90 Å². The number of benzene rings is 1. The first kappa shape index (κ1) is 10.3. The smallest absolute Gasteiger partial charge is 0.336 e. The summed E-state index contributed by atoms with van der Waals surface area (Å²) in [7, 11) is 0. The van der Waals surface area contributed by atoms with Gasteiger partial charge >= 0.3 is 5.97 Å². The summed E-state index contributed by atoms with van der Waals surface area (Å²) in [5.41, 5.74) is 2.14. The fourth-order valence-electron chi connectivity index (χ4n) is 2.11. The van der Waals surface area contributed by atoms with Gasteiger partial charge in [-0.05, 0) is 25.0 Å². The van der Waals surface area contributed by atoms with Crippen LogP contribution in [-0.4, -0.2) is 16.1 Å². The number of rotatable bonds is 2. The van der Waals surface area contributed by atoms with Crippen LogP contribution in [0.1, 0.15) is 35.8 Å². The number of hydrogen-bond donors (Lipinski definition) is 1. The predicted molar refractivity (Wildman–Crippen MR) is 65.3 cm³/mol. The molecule has 0 amide bonds. The zero-order valence-electron chi connectivity index (χ0n) is 9.60. The molecule has 3 rings (SSSR count). The van der Waals surface area contributed by atoms with Gasteiger partial charge in [-0.25, -0.2) is 4.79 Å². The van der Waals surface area contributed by atoms with Crippen LogP contribution in [0.2, 0.25) is 0 Å². The van der Waals surface area contributed by atoms with E-state index in [0.717, 1.165) is 24.1 Å². The number of fused-ring (bicyclic) bond motifs is 1. The molecule has 0 atom stereocenters. The second-order valence-electron chi connectivity index (χ2n) is 4.94. The van der Waals surface area contributed by atoms with Crippen molar-refractivity contribution >= 4 is 16.9 Å². The molecule has 1 aliphatic carbocycles. The van der Waals surface area contributed by atoms with Crippen LogP contribution in [0.15, 0.2) is 30.3 Å². The normalized spacial score (nSPS) is 17.0. The molecule has 17 heavy (non-hydrogen) atoms. The molecule has 2 aromatic rings. The van der Waals surface area contributed by atoms with Gasteiger partial charge in [0.15, 0.2) is 0 Å². The Hall–Kier alpha value is -1.90. The van der Waals surface area contributed by atoms with Gasteiger partial charge in [0.1, 0.15) is 0 Å². The van der Waals surface area contributed by atoms with E-state index < -0.39 is 5.97 Å². The number of carboxylic acids is 1. The lowest BCUT2D eigenvalue weighted by molar-refractivity contribution is 0.0699. The second kappa shape index (κ2) is 3.29. The summed E-state index contributed by atoms with van der Waals surface area (Å²) >= 11 is 0. The molecule has 86 valence electrons. The van der Waals surface area contributed by atoms with Crippen LogP contribution in [0.4, 0.5) is 0 Å². The molecule has 1 aromatic carbocycles. The van der Waals surface area contributed by atoms with Gasteiger partial charge < -0.3 is 5.11 Å². The Morgan fingerprint density at radius 2 is 2.06 bits per heavy atom. The first-order chi connectivity index (χ1) is 8.10. The van der Waals surface area contributed by atoms with Crippen LogP contribution in [0.3, 0.4) is 0 Å². The van der Waals surface area contributed by atoms with Gasteiger partial charge in [-0.1, -0.05) is 25.1 Å². The minimum absolute atomic E-state index is 0.0915. The van der Waals surface area contributed by atoms with Crippen molar-refractivity contribution in [2.45, 2.75) is 25.2 Å². The largest absolute Gasteiger partial charge is 0.478 e. The van der Waals surface area contributed by atoms with Gasteiger partial charge in [0.05, 0.1) is 11.1 Å². The molecule has 1 aliphatic rings. The number of aromatic carboxylic acids is 1. The fourth-order valence-corrected chi connectivity index (χ4v) is 2.11. The maximum atomic E-state index is 11.3. The van der Waals surface area contributed by atoms with Crippen molar-refractivity contribution in [1.82, 2.24) is 4.98 Å². The monoisotopic (exact) mass is 227 g/mol. The highest BCUT2D eigenvalue weighted by Crippen LogP contribution is 2.47. The van der Waals surface area contributed by atoms with Crippen LogP contribution >= 0.6 is 0 Å². The summed E-state index contributed by atoms with van der Waals surface area (Å²) in [5.74, 6) is -0.880. The summed E-state index contributed by atoms with van der Waals surface area (Å²) in [6.45, 7) is 2.13. The van der Waals surface area contributed by atoms with Crippen molar-refractivity contribution < 1.29 is 9.90 Å². The van der Waals surface area contributed by atoms with Crippen molar-refractivity contribution in [3.05, 3.63) is 41.6 Å². The molecule has 1 saturated carbocycles. The zero-order chi connectivity index (χ0) is 12.0. The lowest BCUT2D eigenvalue weighted by Crippen LogP contribution is -2.07. The predicted octanol–water partition coefficient (Wildman–Crippen LogP) is 2.98. The van der Waals surface area contributed by atoms with E-state index in [1.165, 1.54) is 0 Å². The van der Waals surface area contributed by atoms with E-state index in [1.54, 1.807) is 6.07 Å². The van der Waals surface area contributed by atoms with E-state index in [4.69, 9.17) is 0 Å². The molecular weight excluding hydrogens is 214 g/mol. The summed E-state index contributed by atoms with van der Waals surface area (Å²) in [6.07, 6.45) is 2.19. The first-order valence-corrected chi connectivity index (χ1v) is 5.74. The summed E-state index contributed by atoms with van der Waals surface area (Å²) < 4.78 is 0. The van der Waals surface area contributed by atoms with E-state index in [-0.39, 0.29) is 5.41 Å². The minimum atomic E-state index is -0.880. The molecule has 0 spiro atoms. The lowest BCUT2D eigenvalue weighted by atomic mass is 10.00. The van der Waals surface area contributed by atoms with Gasteiger partial charge in [0.25, 0.3) is 0 Å². The fraction of sp³-hybridized carbons (Fsp3) is 0.286. The molecule has 0 radical (unpaired) electrons. The molecule has 1 heterocycles. The Bertz CT molecular complexity index is 615. The van der Waals surface area contributed by atoms with Crippen molar-refractivity contribution in [3.8, 4) is 0 Å². The number of hydrogen-bond acceptors (Lipinski definition) is 2. The van der Waals surface area contributed by atoms with Crippen molar-refractivity contribution in [1.29, 1.82) is 0 Å². The Balaban J connectivity index is 2.31. The molecule has 1 N–H and O–H groups in total. The van der Waals surface area contributed by atoms with Crippen LogP contribution in [0.25, 0.3) is 10.9 Å². The summed E-state index contributed by atoms with van der Waals surface area (Å²) in [6, 6.07) is 9.15. The van der Waals surface area contributed by atoms with Crippen LogP contribution in [0, 0.1) is 0 Å². The summed E-state index contributed by atoms with van der Waals surface area (Å²) in [5, 5.41) is 9.98. The SMILES string of the molecule is CC1(c2cc(C(=O)O)c3ccccc3n2)CC1. The number of pyridine rings is 1. The van der Waals surface area contributed by atoms with Gasteiger partial charge in [-0.15, -0.1) is 0 Å². The molecular formula is C14H13NO2. The lowest BCUT2D eigenvalue weighted by Gasteiger charge is -2.11. The van der Waals surface area contributed by atoms with Gasteiger partial charge in [0, 0.05) is 16.5 Å². The van der Waals surface area contributed by atoms with Crippen molar-refractivity contribution in [2.75, 3.05) is 0 Å². The molecule has 3 heteroatoms. The highest BCUT2D eigenvalue weighted by molar-refractivity contribution is 6.02. The third-order valence-corrected chi connectivity index (χ3v) is 3.56. The molecule has 0 unspecified atom stereocenters. The minimum Gasteiger partial charge on any atom is -0.478 e. The number of para-hydroxylation sites is 1. The molecule has 0 aliphatic heterocycles. The van der Waals surface area contributed by atoms with E-state index in [0.29, 0.717) is 10.9 Å². The average molecular weight is 227 g/mol. The van der Waals surface area contributed by atoms with Crippen LogP contribution in [0.5, 0.6) is 0 Å². The van der Waals surface area contributed by atoms with Gasteiger partial charge in [0.2, 0.25) is 0 Å². The molecule has 0 bridgehead atoms. The topological polar surface area (TPSA) is 50.2 Å².